The lowest BCUT2D eigenvalue weighted by atomic mass is 9.84. The molecule has 0 saturated carbocycles. The van der Waals surface area contributed by atoms with E-state index in [1.54, 1.807) is 24.3 Å². The van der Waals surface area contributed by atoms with Gasteiger partial charge < -0.3 is 83.1 Å². The summed E-state index contributed by atoms with van der Waals surface area (Å²) in [6.45, 7) is -1.24. The largest absolute Gasteiger partial charge is 0.502 e. The molecule has 17 nitrogen and oxygen atoms in total. The molecule has 4 fully saturated rings. The van der Waals surface area contributed by atoms with Gasteiger partial charge in [-0.25, -0.2) is 0 Å². The Labute approximate surface area is 287 Å². The molecule has 12 atom stereocenters. The van der Waals surface area contributed by atoms with Crippen LogP contribution >= 0.6 is 0 Å². The van der Waals surface area contributed by atoms with Gasteiger partial charge in [0.05, 0.1) is 73.7 Å². The van der Waals surface area contributed by atoms with Crippen molar-refractivity contribution in [2.45, 2.75) is 60.9 Å². The molecule has 0 amide bonds. The molecule has 0 bridgehead atoms. The number of fused-ring (bicyclic) bond motifs is 1. The highest BCUT2D eigenvalue weighted by Gasteiger charge is 2.54. The second-order valence-electron chi connectivity index (χ2n) is 12.7. The topological polar surface area (TPSA) is 234 Å². The van der Waals surface area contributed by atoms with Gasteiger partial charge in [0.1, 0.15) is 30.0 Å². The summed E-state index contributed by atoms with van der Waals surface area (Å²) in [5, 5.41) is 72.4. The van der Waals surface area contributed by atoms with Gasteiger partial charge in [0, 0.05) is 11.8 Å². The van der Waals surface area contributed by atoms with Gasteiger partial charge in [-0.05, 0) is 35.4 Å². The molecule has 7 N–H and O–H groups in total. The Hall–Kier alpha value is -3.20. The number of benzene rings is 2. The average molecular weight is 713 g/mol. The highest BCUT2D eigenvalue weighted by molar-refractivity contribution is 5.55. The Morgan fingerprint density at radius 3 is 1.72 bits per heavy atom. The first-order valence-electron chi connectivity index (χ1n) is 16.0. The van der Waals surface area contributed by atoms with Gasteiger partial charge in [-0.15, -0.1) is 0 Å². The van der Waals surface area contributed by atoms with Gasteiger partial charge in [0.2, 0.25) is 17.8 Å². The molecule has 50 heavy (non-hydrogen) atoms. The maximum absolute atomic E-state index is 11.0. The number of hydrogen-bond donors (Lipinski definition) is 7. The zero-order valence-electron chi connectivity index (χ0n) is 27.9. The summed E-state index contributed by atoms with van der Waals surface area (Å²) in [4.78, 5) is 0. The smallest absolute Gasteiger partial charge is 0.230 e. The third-order valence-electron chi connectivity index (χ3n) is 9.84. The summed E-state index contributed by atoms with van der Waals surface area (Å²) in [6.07, 6.45) is -11.8. The summed E-state index contributed by atoms with van der Waals surface area (Å²) in [5.74, 6) is 0.665. The summed E-state index contributed by atoms with van der Waals surface area (Å²) in [6, 6.07) is 6.82. The first-order valence-corrected chi connectivity index (χ1v) is 16.0. The third-order valence-corrected chi connectivity index (χ3v) is 9.84. The number of phenolic OH excluding ortho intramolecular Hbond substituents is 1. The summed E-state index contributed by atoms with van der Waals surface area (Å²) in [5.41, 5.74) is -0.567. The fraction of sp³-hybridized carbons (Fsp3) is 0.636. The monoisotopic (exact) mass is 712 g/mol. The summed E-state index contributed by atoms with van der Waals surface area (Å²) < 4.78 is 57.7. The zero-order valence-corrected chi connectivity index (χ0v) is 27.9. The standard InChI is InChI=1S/C33H44O17/c1-41-18-5-14(6-19(42-2)23(18)36)26-16-10-46-27(17(16)11-45-26)15-7-20(43-3)28(21(8-15)44-4)49-31-29(25(38)24(37)22(9-34)48-31)50-32-30(39)33(40,12-35)13-47-32/h5-8,16-17,22,24-27,29-32,34-40H,9-13H2,1-4H3/t16-,17+,22+,24+,25-,26+,27+,29+,30-,31+,32+,33+/m0/s1. The van der Waals surface area contributed by atoms with Crippen molar-refractivity contribution in [1.29, 1.82) is 0 Å². The fourth-order valence-electron chi connectivity index (χ4n) is 6.97. The molecule has 4 aliphatic rings. The first-order chi connectivity index (χ1) is 24.0. The van der Waals surface area contributed by atoms with Crippen LogP contribution in [0.4, 0.5) is 0 Å². The number of ether oxygens (including phenoxy) is 10. The SMILES string of the molecule is COc1cc([C@H]2OC[C@@H]3[C@@H]2CO[C@@H]3c2cc(OC)c(O[C@H]3O[C@H](CO)[C@@H](O)[C@H](O)[C@H]3O[C@H]3OC[C@](O)(CO)[C@H]3O)c(OC)c2)cc(OC)c1O. The molecule has 4 heterocycles. The van der Waals surface area contributed by atoms with E-state index in [2.05, 4.69) is 0 Å². The van der Waals surface area contributed by atoms with Crippen LogP contribution in [0.15, 0.2) is 24.3 Å². The van der Waals surface area contributed by atoms with E-state index in [9.17, 15) is 35.7 Å². The Morgan fingerprint density at radius 2 is 1.26 bits per heavy atom. The molecule has 2 aromatic rings. The minimum absolute atomic E-state index is 0.0239. The molecule has 4 aliphatic heterocycles. The predicted octanol–water partition coefficient (Wildman–Crippen LogP) is -0.855. The zero-order chi connectivity index (χ0) is 35.9. The number of hydrogen-bond acceptors (Lipinski definition) is 17. The van der Waals surface area contributed by atoms with Crippen molar-refractivity contribution < 1.29 is 83.1 Å². The normalized spacial score (nSPS) is 36.6. The van der Waals surface area contributed by atoms with E-state index in [0.717, 1.165) is 5.56 Å². The molecule has 2 aromatic carbocycles. The van der Waals surface area contributed by atoms with E-state index in [-0.39, 0.29) is 52.4 Å². The highest BCUT2D eigenvalue weighted by Crippen LogP contribution is 2.54. The lowest BCUT2D eigenvalue weighted by molar-refractivity contribution is -0.319. The molecule has 6 rings (SSSR count). The van der Waals surface area contributed by atoms with Gasteiger partial charge in [0.25, 0.3) is 0 Å². The second-order valence-corrected chi connectivity index (χ2v) is 12.7. The van der Waals surface area contributed by atoms with Crippen LogP contribution in [0.1, 0.15) is 23.3 Å². The van der Waals surface area contributed by atoms with Gasteiger partial charge in [-0.2, -0.15) is 0 Å². The maximum Gasteiger partial charge on any atom is 0.230 e. The minimum atomic E-state index is -2.02. The van der Waals surface area contributed by atoms with E-state index in [0.29, 0.717) is 18.8 Å². The van der Waals surface area contributed by atoms with Crippen LogP contribution < -0.4 is 23.7 Å². The van der Waals surface area contributed by atoms with E-state index in [1.807, 2.05) is 0 Å². The van der Waals surface area contributed by atoms with Crippen molar-refractivity contribution in [3.63, 3.8) is 0 Å². The quantitative estimate of drug-likeness (QED) is 0.142. The number of aromatic hydroxyl groups is 1. The van der Waals surface area contributed by atoms with Crippen molar-refractivity contribution >= 4 is 0 Å². The first kappa shape index (κ1) is 36.6. The molecule has 278 valence electrons. The van der Waals surface area contributed by atoms with Crippen LogP contribution in [0.5, 0.6) is 34.5 Å². The number of aliphatic hydroxyl groups excluding tert-OH is 5. The van der Waals surface area contributed by atoms with E-state index >= 15 is 0 Å². The maximum atomic E-state index is 11.0. The van der Waals surface area contributed by atoms with Crippen LogP contribution in [-0.2, 0) is 23.7 Å². The van der Waals surface area contributed by atoms with Crippen molar-refractivity contribution in [3.05, 3.63) is 35.4 Å². The van der Waals surface area contributed by atoms with E-state index < -0.39 is 74.6 Å². The van der Waals surface area contributed by atoms with Crippen molar-refractivity contribution in [3.8, 4) is 34.5 Å². The van der Waals surface area contributed by atoms with Crippen LogP contribution in [0.3, 0.4) is 0 Å². The van der Waals surface area contributed by atoms with E-state index in [4.69, 9.17) is 47.4 Å². The Kier molecular flexibility index (Phi) is 10.8. The van der Waals surface area contributed by atoms with Crippen molar-refractivity contribution in [1.82, 2.24) is 0 Å². The van der Waals surface area contributed by atoms with Crippen LogP contribution in [0, 0.1) is 11.8 Å². The summed E-state index contributed by atoms with van der Waals surface area (Å²) in [7, 11) is 5.73. The predicted molar refractivity (Wildman–Crippen MR) is 166 cm³/mol. The van der Waals surface area contributed by atoms with Crippen molar-refractivity contribution in [2.24, 2.45) is 11.8 Å². The summed E-state index contributed by atoms with van der Waals surface area (Å²) >= 11 is 0. The van der Waals surface area contributed by atoms with Crippen LogP contribution in [-0.4, -0.2) is 146 Å². The van der Waals surface area contributed by atoms with Gasteiger partial charge >= 0.3 is 0 Å². The van der Waals surface area contributed by atoms with E-state index in [1.165, 1.54) is 28.4 Å². The molecule has 0 spiro atoms. The molecule has 0 aromatic heterocycles. The molecular formula is C33H44O17. The molecule has 0 radical (unpaired) electrons. The second kappa shape index (κ2) is 14.8. The Balaban J connectivity index is 1.26. The number of aliphatic hydroxyl groups is 6. The number of rotatable bonds is 12. The van der Waals surface area contributed by atoms with Gasteiger partial charge in [-0.1, -0.05) is 0 Å². The molecule has 0 aliphatic carbocycles. The average Bonchev–Trinajstić information content (AvgIpc) is 3.82. The van der Waals surface area contributed by atoms with Gasteiger partial charge in [0.15, 0.2) is 35.4 Å². The molecule has 17 heteroatoms. The molecule has 4 saturated heterocycles. The van der Waals surface area contributed by atoms with Crippen molar-refractivity contribution in [2.75, 3.05) is 61.5 Å². The molecular weight excluding hydrogens is 668 g/mol. The lowest BCUT2D eigenvalue weighted by Gasteiger charge is -2.42. The van der Waals surface area contributed by atoms with Crippen LogP contribution in [0.25, 0.3) is 0 Å². The van der Waals surface area contributed by atoms with Crippen LogP contribution in [0.2, 0.25) is 0 Å². The Bertz CT molecular complexity index is 1440. The number of phenols is 1. The highest BCUT2D eigenvalue weighted by atomic mass is 16.8. The fourth-order valence-corrected chi connectivity index (χ4v) is 6.97. The Morgan fingerprint density at radius 1 is 0.740 bits per heavy atom. The minimum Gasteiger partial charge on any atom is -0.502 e. The molecule has 0 unspecified atom stereocenters. The van der Waals surface area contributed by atoms with Gasteiger partial charge in [-0.3, -0.25) is 0 Å². The third kappa shape index (κ3) is 6.41. The number of methoxy groups -OCH3 is 4. The lowest BCUT2D eigenvalue weighted by Crippen LogP contribution is -2.62.